The number of hydrogen-bond acceptors (Lipinski definition) is 6. The molecule has 0 unspecified atom stereocenters. The summed E-state index contributed by atoms with van der Waals surface area (Å²) in [5.74, 6) is -2.50. The van der Waals surface area contributed by atoms with Crippen LogP contribution in [0.25, 0.3) is 0 Å². The first-order chi connectivity index (χ1) is 11.2. The molecule has 0 spiro atoms. The van der Waals surface area contributed by atoms with Gasteiger partial charge in [0.2, 0.25) is 5.78 Å². The Morgan fingerprint density at radius 3 is 2.21 bits per heavy atom. The number of rotatable bonds is 9. The van der Waals surface area contributed by atoms with Crippen LogP contribution in [0.4, 0.5) is 0 Å². The molecule has 0 aliphatic rings. The number of benzene rings is 1. The summed E-state index contributed by atoms with van der Waals surface area (Å²) in [5, 5.41) is 4.87. The maximum Gasteiger partial charge on any atom is 0.288 e. The van der Waals surface area contributed by atoms with E-state index >= 15 is 0 Å². The quantitative estimate of drug-likeness (QED) is 0.620. The van der Waals surface area contributed by atoms with Crippen LogP contribution < -0.4 is 10.6 Å². The Balaban J connectivity index is 2.57. The number of aryl methyl sites for hydroxylation is 1. The molecule has 24 heavy (non-hydrogen) atoms. The highest BCUT2D eigenvalue weighted by Crippen LogP contribution is 2.11. The summed E-state index contributed by atoms with van der Waals surface area (Å²) in [6.07, 6.45) is 0.0459. The number of carbonyl (C=O) groups excluding carboxylic acids is 3. The van der Waals surface area contributed by atoms with Crippen molar-refractivity contribution in [3.05, 3.63) is 29.8 Å². The predicted molar refractivity (Wildman–Crippen MR) is 89.1 cm³/mol. The fourth-order valence-electron chi connectivity index (χ4n) is 2.03. The fraction of sp³-hybridized carbons (Fsp3) is 0.438. The number of carbonyl (C=O) groups is 3. The molecule has 0 aliphatic carbocycles. The lowest BCUT2D eigenvalue weighted by molar-refractivity contribution is -0.137. The van der Waals surface area contributed by atoms with Gasteiger partial charge in [-0.15, -0.1) is 0 Å². The summed E-state index contributed by atoms with van der Waals surface area (Å²) in [5.41, 5.74) is 0.915. The zero-order valence-corrected chi connectivity index (χ0v) is 14.8. The number of nitrogens with one attached hydrogen (secondary N) is 2. The molecule has 7 nitrogen and oxygen atoms in total. The molecule has 1 atom stereocenters. The van der Waals surface area contributed by atoms with Crippen LogP contribution in [0.15, 0.2) is 29.2 Å². The van der Waals surface area contributed by atoms with Gasteiger partial charge in [0.1, 0.15) is 11.7 Å². The van der Waals surface area contributed by atoms with Crippen LogP contribution in [0, 0.1) is 6.92 Å². The zero-order valence-electron chi connectivity index (χ0n) is 14.0. The molecule has 0 aromatic heterocycles. The Hall–Kier alpha value is -2.06. The Morgan fingerprint density at radius 1 is 1.12 bits per heavy atom. The minimum absolute atomic E-state index is 0.0766. The molecule has 0 saturated carbocycles. The highest BCUT2D eigenvalue weighted by atomic mass is 32.2. The molecule has 8 heteroatoms. The second-order valence-electron chi connectivity index (χ2n) is 5.49. The molecule has 1 rings (SSSR count). The molecule has 132 valence electrons. The number of likely N-dealkylation sites (N-methyl/N-ethyl adjacent to an activating group) is 1. The molecule has 0 saturated heterocycles. The highest BCUT2D eigenvalue weighted by Gasteiger charge is 2.21. The first kappa shape index (κ1) is 20.0. The summed E-state index contributed by atoms with van der Waals surface area (Å²) in [6, 6.07) is 5.70. The lowest BCUT2D eigenvalue weighted by Crippen LogP contribution is -2.37. The highest BCUT2D eigenvalue weighted by molar-refractivity contribution is 7.91. The fourth-order valence-corrected chi connectivity index (χ4v) is 3.07. The number of sulfone groups is 1. The molecule has 0 bridgehead atoms. The molecule has 1 amide bonds. The van der Waals surface area contributed by atoms with Crippen LogP contribution in [0.2, 0.25) is 0 Å². The molecule has 1 aromatic carbocycles. The zero-order chi connectivity index (χ0) is 18.3. The molecular formula is C16H22N2O5S. The van der Waals surface area contributed by atoms with Gasteiger partial charge in [0.15, 0.2) is 9.84 Å². The normalized spacial score (nSPS) is 12.5. The topological polar surface area (TPSA) is 109 Å². The summed E-state index contributed by atoms with van der Waals surface area (Å²) in [7, 11) is -2.12. The van der Waals surface area contributed by atoms with Gasteiger partial charge in [-0.3, -0.25) is 14.4 Å². The van der Waals surface area contributed by atoms with E-state index in [1.165, 1.54) is 19.1 Å². The van der Waals surface area contributed by atoms with Crippen LogP contribution in [0.1, 0.15) is 25.3 Å². The average Bonchev–Trinajstić information content (AvgIpc) is 2.53. The lowest BCUT2D eigenvalue weighted by atomic mass is 10.1. The summed E-state index contributed by atoms with van der Waals surface area (Å²) >= 11 is 0. The van der Waals surface area contributed by atoms with Gasteiger partial charge in [-0.25, -0.2) is 8.42 Å². The molecule has 2 N–H and O–H groups in total. The number of amides is 1. The van der Waals surface area contributed by atoms with Crippen molar-refractivity contribution in [2.24, 2.45) is 0 Å². The Kier molecular flexibility index (Phi) is 7.24. The van der Waals surface area contributed by atoms with Crippen molar-refractivity contribution in [1.82, 2.24) is 10.6 Å². The summed E-state index contributed by atoms with van der Waals surface area (Å²) < 4.78 is 24.2. The van der Waals surface area contributed by atoms with Crippen LogP contribution >= 0.6 is 0 Å². The predicted octanol–water partition coefficient (Wildman–Crippen LogP) is 0.369. The molecule has 0 aliphatic heterocycles. The van der Waals surface area contributed by atoms with Crippen molar-refractivity contribution >= 4 is 27.3 Å². The monoisotopic (exact) mass is 354 g/mol. The van der Waals surface area contributed by atoms with E-state index in [0.717, 1.165) is 5.56 Å². The minimum Gasteiger partial charge on any atom is -0.335 e. The molecule has 0 fully saturated rings. The van der Waals surface area contributed by atoms with Crippen LogP contribution in [0.5, 0.6) is 0 Å². The van der Waals surface area contributed by atoms with E-state index < -0.39 is 33.4 Å². The van der Waals surface area contributed by atoms with Gasteiger partial charge in [0.25, 0.3) is 5.91 Å². The Bertz CT molecular complexity index is 710. The second-order valence-corrected chi connectivity index (χ2v) is 7.48. The first-order valence-electron chi connectivity index (χ1n) is 7.45. The van der Waals surface area contributed by atoms with Crippen molar-refractivity contribution in [3.8, 4) is 0 Å². The number of Topliss-reactive ketones (excluding diaryl/α,β-unsaturated/α-hetero) is 2. The van der Waals surface area contributed by atoms with Crippen LogP contribution in [0.3, 0.4) is 0 Å². The van der Waals surface area contributed by atoms with Gasteiger partial charge in [-0.1, -0.05) is 17.7 Å². The van der Waals surface area contributed by atoms with Crippen molar-refractivity contribution in [1.29, 1.82) is 0 Å². The summed E-state index contributed by atoms with van der Waals surface area (Å²) in [6.45, 7) is 3.22. The molecule has 0 heterocycles. The second kappa shape index (κ2) is 8.70. The van der Waals surface area contributed by atoms with E-state index in [-0.39, 0.29) is 23.5 Å². The van der Waals surface area contributed by atoms with Gasteiger partial charge in [-0.05, 0) is 39.4 Å². The van der Waals surface area contributed by atoms with Gasteiger partial charge in [0, 0.05) is 6.42 Å². The minimum atomic E-state index is -3.71. The van der Waals surface area contributed by atoms with E-state index in [1.54, 1.807) is 19.2 Å². The van der Waals surface area contributed by atoms with E-state index in [2.05, 4.69) is 10.6 Å². The SMILES string of the molecule is CN[C@@H](CCC(=O)C(=O)NCS(=O)(=O)c1ccc(C)cc1)C(C)=O. The molecule has 1 aromatic rings. The van der Waals surface area contributed by atoms with E-state index in [4.69, 9.17) is 0 Å². The standard InChI is InChI=1S/C16H22N2O5S/c1-11-4-6-13(7-5-11)24(22,23)10-18-16(21)15(20)9-8-14(17-3)12(2)19/h4-7,14,17H,8-10H2,1-3H3,(H,18,21)/t14-/m0/s1. The smallest absolute Gasteiger partial charge is 0.288 e. The lowest BCUT2D eigenvalue weighted by Gasteiger charge is -2.11. The van der Waals surface area contributed by atoms with Gasteiger partial charge in [-0.2, -0.15) is 0 Å². The maximum atomic E-state index is 12.1. The van der Waals surface area contributed by atoms with Crippen molar-refractivity contribution in [3.63, 3.8) is 0 Å². The number of hydrogen-bond donors (Lipinski definition) is 2. The van der Waals surface area contributed by atoms with Crippen molar-refractivity contribution in [2.75, 3.05) is 12.9 Å². The average molecular weight is 354 g/mol. The van der Waals surface area contributed by atoms with Crippen molar-refractivity contribution in [2.45, 2.75) is 37.6 Å². The summed E-state index contributed by atoms with van der Waals surface area (Å²) in [4.78, 5) is 34.8. The van der Waals surface area contributed by atoms with E-state index in [9.17, 15) is 22.8 Å². The first-order valence-corrected chi connectivity index (χ1v) is 9.10. The molecular weight excluding hydrogens is 332 g/mol. The van der Waals surface area contributed by atoms with Gasteiger partial charge >= 0.3 is 0 Å². The maximum absolute atomic E-state index is 12.1. The third-order valence-corrected chi connectivity index (χ3v) is 5.07. The van der Waals surface area contributed by atoms with E-state index in [0.29, 0.717) is 0 Å². The Morgan fingerprint density at radius 2 is 1.71 bits per heavy atom. The third kappa shape index (κ3) is 5.86. The van der Waals surface area contributed by atoms with Gasteiger partial charge < -0.3 is 10.6 Å². The van der Waals surface area contributed by atoms with Gasteiger partial charge in [0.05, 0.1) is 10.9 Å². The molecule has 0 radical (unpaired) electrons. The van der Waals surface area contributed by atoms with Crippen molar-refractivity contribution < 1.29 is 22.8 Å². The third-order valence-electron chi connectivity index (χ3n) is 3.56. The van der Waals surface area contributed by atoms with Crippen LogP contribution in [-0.2, 0) is 24.2 Å². The largest absolute Gasteiger partial charge is 0.335 e. The Labute approximate surface area is 141 Å². The van der Waals surface area contributed by atoms with E-state index in [1.807, 2.05) is 6.92 Å². The number of ketones is 2. The van der Waals surface area contributed by atoms with Crippen LogP contribution in [-0.4, -0.2) is 44.9 Å².